The number of halogens is 3. The summed E-state index contributed by atoms with van der Waals surface area (Å²) in [5, 5.41) is 11.1. The van der Waals surface area contributed by atoms with Crippen molar-refractivity contribution in [3.63, 3.8) is 0 Å². The van der Waals surface area contributed by atoms with E-state index >= 15 is 0 Å². The molecule has 2 rings (SSSR count). The summed E-state index contributed by atoms with van der Waals surface area (Å²) in [6, 6.07) is -1.28. The number of rotatable bonds is 1. The van der Waals surface area contributed by atoms with Gasteiger partial charge in [0.2, 0.25) is 0 Å². The van der Waals surface area contributed by atoms with Crippen LogP contribution in [0.25, 0.3) is 0 Å². The molecule has 1 heterocycles. The molecule has 2 N–H and O–H groups in total. The van der Waals surface area contributed by atoms with E-state index in [1.807, 2.05) is 0 Å². The van der Waals surface area contributed by atoms with Crippen molar-refractivity contribution in [2.45, 2.75) is 42.8 Å². The molecule has 4 nitrogen and oxygen atoms in total. The van der Waals surface area contributed by atoms with E-state index < -0.39 is 40.2 Å². The first-order chi connectivity index (χ1) is 8.29. The lowest BCUT2D eigenvalue weighted by atomic mass is 9.84. The number of carboxylic acids is 1. The maximum Gasteiger partial charge on any atom is 0.391 e. The molecule has 104 valence electrons. The molecule has 2 aliphatic rings. The summed E-state index contributed by atoms with van der Waals surface area (Å²) < 4.78 is 49.7. The van der Waals surface area contributed by atoms with E-state index in [9.17, 15) is 22.2 Å². The minimum atomic E-state index is -4.25. The molecule has 1 aliphatic carbocycles. The number of fused-ring (bicyclic) bond motifs is 1. The van der Waals surface area contributed by atoms with Gasteiger partial charge in [-0.15, -0.1) is 0 Å². The highest BCUT2D eigenvalue weighted by atomic mass is 32.2. The Labute approximate surface area is 104 Å². The predicted molar refractivity (Wildman–Crippen MR) is 58.5 cm³/mol. The zero-order chi connectivity index (χ0) is 13.5. The van der Waals surface area contributed by atoms with Crippen molar-refractivity contribution in [1.82, 2.24) is 5.32 Å². The van der Waals surface area contributed by atoms with Crippen molar-refractivity contribution in [2.24, 2.45) is 5.92 Å². The largest absolute Gasteiger partial charge is 0.480 e. The van der Waals surface area contributed by atoms with E-state index in [0.29, 0.717) is 0 Å². The third-order valence-corrected chi connectivity index (χ3v) is 5.49. The van der Waals surface area contributed by atoms with Crippen LogP contribution in [0.4, 0.5) is 13.2 Å². The lowest BCUT2D eigenvalue weighted by molar-refractivity contribution is -0.182. The van der Waals surface area contributed by atoms with E-state index in [0.717, 1.165) is 0 Å². The van der Waals surface area contributed by atoms with Gasteiger partial charge in [0, 0.05) is 22.6 Å². The van der Waals surface area contributed by atoms with E-state index in [-0.39, 0.29) is 31.1 Å². The van der Waals surface area contributed by atoms with Crippen molar-refractivity contribution in [1.29, 1.82) is 0 Å². The molecule has 0 aromatic heterocycles. The Kier molecular flexibility index (Phi) is 3.68. The van der Waals surface area contributed by atoms with Crippen LogP contribution in [0.5, 0.6) is 0 Å². The molecular formula is C10H14F3NO3S. The number of hydrogen-bond donors (Lipinski definition) is 2. The number of hydrogen-bond acceptors (Lipinski definition) is 3. The quantitative estimate of drug-likeness (QED) is 0.751. The molecule has 0 aromatic carbocycles. The van der Waals surface area contributed by atoms with Crippen LogP contribution in [0.2, 0.25) is 0 Å². The SMILES string of the molecule is O=C(O)C1CS(=O)C2CC(C(F)(F)F)CCC2N1. The molecular weight excluding hydrogens is 271 g/mol. The number of aliphatic carboxylic acids is 1. The number of alkyl halides is 3. The third kappa shape index (κ3) is 2.69. The van der Waals surface area contributed by atoms with Gasteiger partial charge in [-0.05, 0) is 19.3 Å². The lowest BCUT2D eigenvalue weighted by Gasteiger charge is -2.41. The van der Waals surface area contributed by atoms with Crippen molar-refractivity contribution < 1.29 is 27.3 Å². The highest BCUT2D eigenvalue weighted by Crippen LogP contribution is 2.40. The minimum absolute atomic E-state index is 0.0266. The molecule has 5 unspecified atom stereocenters. The summed E-state index contributed by atoms with van der Waals surface area (Å²) in [4.78, 5) is 10.8. The van der Waals surface area contributed by atoms with Gasteiger partial charge in [-0.2, -0.15) is 13.2 Å². The van der Waals surface area contributed by atoms with E-state index in [1.54, 1.807) is 0 Å². The van der Waals surface area contributed by atoms with Gasteiger partial charge in [-0.25, -0.2) is 0 Å². The van der Waals surface area contributed by atoms with Gasteiger partial charge >= 0.3 is 12.1 Å². The summed E-state index contributed by atoms with van der Waals surface area (Å²) in [5.41, 5.74) is 0. The van der Waals surface area contributed by atoms with Gasteiger partial charge in [-0.3, -0.25) is 14.3 Å². The van der Waals surface area contributed by atoms with Gasteiger partial charge < -0.3 is 5.11 Å². The summed E-state index contributed by atoms with van der Waals surface area (Å²) in [5.74, 6) is -2.62. The monoisotopic (exact) mass is 285 g/mol. The first-order valence-electron chi connectivity index (χ1n) is 5.71. The number of nitrogens with one attached hydrogen (secondary N) is 1. The molecule has 0 aromatic rings. The van der Waals surface area contributed by atoms with Crippen LogP contribution in [0.15, 0.2) is 0 Å². The van der Waals surface area contributed by atoms with E-state index in [1.165, 1.54) is 0 Å². The van der Waals surface area contributed by atoms with Crippen LogP contribution in [0, 0.1) is 5.92 Å². The van der Waals surface area contributed by atoms with Gasteiger partial charge in [0.1, 0.15) is 6.04 Å². The molecule has 2 fully saturated rings. The van der Waals surface area contributed by atoms with Crippen molar-refractivity contribution >= 4 is 16.8 Å². The molecule has 0 bridgehead atoms. The van der Waals surface area contributed by atoms with Crippen LogP contribution in [-0.4, -0.2) is 44.5 Å². The lowest BCUT2D eigenvalue weighted by Crippen LogP contribution is -2.60. The van der Waals surface area contributed by atoms with Crippen molar-refractivity contribution in [2.75, 3.05) is 5.75 Å². The minimum Gasteiger partial charge on any atom is -0.480 e. The molecule has 0 radical (unpaired) electrons. The first-order valence-corrected chi connectivity index (χ1v) is 7.10. The summed E-state index contributed by atoms with van der Waals surface area (Å²) in [6.07, 6.45) is -4.22. The Hall–Kier alpha value is -0.630. The second-order valence-corrected chi connectivity index (χ2v) is 6.50. The number of carbonyl (C=O) groups is 1. The van der Waals surface area contributed by atoms with Crippen LogP contribution in [-0.2, 0) is 15.6 Å². The Morgan fingerprint density at radius 1 is 1.33 bits per heavy atom. The van der Waals surface area contributed by atoms with Crippen LogP contribution < -0.4 is 5.32 Å². The molecule has 8 heteroatoms. The van der Waals surface area contributed by atoms with Crippen LogP contribution in [0.1, 0.15) is 19.3 Å². The van der Waals surface area contributed by atoms with Gasteiger partial charge in [0.05, 0.1) is 11.2 Å². The highest BCUT2D eigenvalue weighted by Gasteiger charge is 2.49. The maximum atomic E-state index is 12.6. The highest BCUT2D eigenvalue weighted by molar-refractivity contribution is 7.85. The van der Waals surface area contributed by atoms with E-state index in [2.05, 4.69) is 5.32 Å². The average Bonchev–Trinajstić information content (AvgIpc) is 2.27. The van der Waals surface area contributed by atoms with E-state index in [4.69, 9.17) is 5.11 Å². The molecule has 1 saturated heterocycles. The molecule has 18 heavy (non-hydrogen) atoms. The molecule has 0 spiro atoms. The maximum absolute atomic E-state index is 12.6. The Morgan fingerprint density at radius 3 is 2.56 bits per heavy atom. The normalized spacial score (nSPS) is 41.2. The number of carboxylic acid groups (broad SMARTS) is 1. The topological polar surface area (TPSA) is 66.4 Å². The zero-order valence-corrected chi connectivity index (χ0v) is 10.3. The van der Waals surface area contributed by atoms with Crippen molar-refractivity contribution in [3.8, 4) is 0 Å². The molecule has 0 amide bonds. The third-order valence-electron chi connectivity index (χ3n) is 3.64. The van der Waals surface area contributed by atoms with Crippen molar-refractivity contribution in [3.05, 3.63) is 0 Å². The second kappa shape index (κ2) is 4.80. The summed E-state index contributed by atoms with van der Waals surface area (Å²) in [7, 11) is -1.51. The fourth-order valence-electron chi connectivity index (χ4n) is 2.64. The predicted octanol–water partition coefficient (Wildman–Crippen LogP) is 0.891. The van der Waals surface area contributed by atoms with Gasteiger partial charge in [-0.1, -0.05) is 0 Å². The molecule has 1 aliphatic heterocycles. The average molecular weight is 285 g/mol. The fraction of sp³-hybridized carbons (Fsp3) is 0.900. The Bertz CT molecular complexity index is 374. The van der Waals surface area contributed by atoms with Gasteiger partial charge in [0.15, 0.2) is 0 Å². The zero-order valence-electron chi connectivity index (χ0n) is 9.44. The van der Waals surface area contributed by atoms with Crippen LogP contribution in [0.3, 0.4) is 0 Å². The van der Waals surface area contributed by atoms with Gasteiger partial charge in [0.25, 0.3) is 0 Å². The smallest absolute Gasteiger partial charge is 0.391 e. The Morgan fingerprint density at radius 2 is 2.00 bits per heavy atom. The molecule has 5 atom stereocenters. The second-order valence-electron chi connectivity index (χ2n) is 4.80. The fourth-order valence-corrected chi connectivity index (χ4v) is 4.49. The first kappa shape index (κ1) is 13.8. The van der Waals surface area contributed by atoms with Crippen LogP contribution >= 0.6 is 0 Å². The molecule has 1 saturated carbocycles. The summed E-state index contributed by atoms with van der Waals surface area (Å²) in [6.45, 7) is 0. The standard InChI is InChI=1S/C10H14F3NO3S/c11-10(12,13)5-1-2-6-8(3-5)18(17)4-7(14-6)9(15)16/h5-8,14H,1-4H2,(H,15,16). The Balaban J connectivity index is 2.07. The summed E-state index contributed by atoms with van der Waals surface area (Å²) >= 11 is 0.